The maximum Gasteiger partial charge on any atom is 0.183 e. The minimum absolute atomic E-state index is 0.117. The zero-order chi connectivity index (χ0) is 13.8. The molecular formula is C12H17N5O2. The maximum atomic E-state index is 5.82. The number of hydrogen-bond acceptors (Lipinski definition) is 6. The summed E-state index contributed by atoms with van der Waals surface area (Å²) in [6.07, 6.45) is 0. The van der Waals surface area contributed by atoms with Crippen LogP contribution in [0.4, 0.5) is 0 Å². The first-order chi connectivity index (χ1) is 9.19. The van der Waals surface area contributed by atoms with E-state index in [2.05, 4.69) is 15.4 Å². The average molecular weight is 263 g/mol. The molecule has 2 rings (SSSR count). The third-order valence-electron chi connectivity index (χ3n) is 2.88. The molecule has 1 heterocycles. The van der Waals surface area contributed by atoms with E-state index < -0.39 is 0 Å². The standard InChI is InChI=1S/C12H17N5O2/c1-17-15-12(14-16-17)9(7-13)8-4-5-10(18-2)11(6-8)19-3/h4-6,9H,7,13H2,1-3H3. The quantitative estimate of drug-likeness (QED) is 0.835. The summed E-state index contributed by atoms with van der Waals surface area (Å²) >= 11 is 0. The molecule has 2 N–H and O–H groups in total. The van der Waals surface area contributed by atoms with E-state index in [4.69, 9.17) is 15.2 Å². The van der Waals surface area contributed by atoms with E-state index in [1.54, 1.807) is 21.3 Å². The molecule has 1 aromatic carbocycles. The van der Waals surface area contributed by atoms with E-state index in [1.807, 2.05) is 18.2 Å². The molecule has 0 aliphatic rings. The van der Waals surface area contributed by atoms with Crippen molar-refractivity contribution < 1.29 is 9.47 Å². The molecule has 0 fully saturated rings. The molecule has 0 saturated carbocycles. The van der Waals surface area contributed by atoms with E-state index in [0.717, 1.165) is 5.56 Å². The zero-order valence-electron chi connectivity index (χ0n) is 11.2. The Balaban J connectivity index is 2.38. The van der Waals surface area contributed by atoms with Crippen LogP contribution >= 0.6 is 0 Å². The fourth-order valence-electron chi connectivity index (χ4n) is 1.90. The molecule has 0 amide bonds. The number of aryl methyl sites for hydroxylation is 1. The molecule has 7 nitrogen and oxygen atoms in total. The molecule has 1 unspecified atom stereocenters. The Hall–Kier alpha value is -2.15. The number of nitrogens with zero attached hydrogens (tertiary/aromatic N) is 4. The molecule has 1 atom stereocenters. The van der Waals surface area contributed by atoms with Crippen LogP contribution in [-0.2, 0) is 7.05 Å². The summed E-state index contributed by atoms with van der Waals surface area (Å²) in [6.45, 7) is 0.390. The van der Waals surface area contributed by atoms with Gasteiger partial charge in [-0.25, -0.2) is 0 Å². The highest BCUT2D eigenvalue weighted by Crippen LogP contribution is 2.31. The van der Waals surface area contributed by atoms with Crippen LogP contribution in [0.2, 0.25) is 0 Å². The molecule has 0 aliphatic carbocycles. The van der Waals surface area contributed by atoms with Crippen molar-refractivity contribution >= 4 is 0 Å². The lowest BCUT2D eigenvalue weighted by Crippen LogP contribution is -2.15. The molecule has 0 spiro atoms. The molecule has 1 aromatic heterocycles. The van der Waals surface area contributed by atoms with Gasteiger partial charge in [0.1, 0.15) is 0 Å². The summed E-state index contributed by atoms with van der Waals surface area (Å²) < 4.78 is 10.5. The smallest absolute Gasteiger partial charge is 0.183 e. The van der Waals surface area contributed by atoms with Crippen molar-refractivity contribution in [3.05, 3.63) is 29.6 Å². The van der Waals surface area contributed by atoms with Gasteiger partial charge in [0.2, 0.25) is 0 Å². The van der Waals surface area contributed by atoms with Crippen molar-refractivity contribution in [2.24, 2.45) is 12.8 Å². The highest BCUT2D eigenvalue weighted by atomic mass is 16.5. The number of aromatic nitrogens is 4. The lowest BCUT2D eigenvalue weighted by atomic mass is 9.98. The second-order valence-corrected chi connectivity index (χ2v) is 4.04. The SMILES string of the molecule is COc1ccc(C(CN)c2nnn(C)n2)cc1OC. The number of hydrogen-bond donors (Lipinski definition) is 1. The van der Waals surface area contributed by atoms with Crippen molar-refractivity contribution in [3.8, 4) is 11.5 Å². The van der Waals surface area contributed by atoms with Crippen molar-refractivity contribution in [2.45, 2.75) is 5.92 Å². The largest absolute Gasteiger partial charge is 0.493 e. The summed E-state index contributed by atoms with van der Waals surface area (Å²) in [6, 6.07) is 5.65. The van der Waals surface area contributed by atoms with Crippen LogP contribution in [-0.4, -0.2) is 41.0 Å². The average Bonchev–Trinajstić information content (AvgIpc) is 2.86. The van der Waals surface area contributed by atoms with Crippen molar-refractivity contribution in [3.63, 3.8) is 0 Å². The van der Waals surface area contributed by atoms with Crippen molar-refractivity contribution in [2.75, 3.05) is 20.8 Å². The van der Waals surface area contributed by atoms with Crippen LogP contribution in [0, 0.1) is 0 Å². The normalized spacial score (nSPS) is 12.2. The van der Waals surface area contributed by atoms with Crippen molar-refractivity contribution in [1.29, 1.82) is 0 Å². The van der Waals surface area contributed by atoms with Gasteiger partial charge in [-0.05, 0) is 22.9 Å². The minimum Gasteiger partial charge on any atom is -0.493 e. The first-order valence-electron chi connectivity index (χ1n) is 5.85. The summed E-state index contributed by atoms with van der Waals surface area (Å²) in [5.74, 6) is 1.81. The van der Waals surface area contributed by atoms with Gasteiger partial charge < -0.3 is 15.2 Å². The lowest BCUT2D eigenvalue weighted by molar-refractivity contribution is 0.354. The fraction of sp³-hybridized carbons (Fsp3) is 0.417. The van der Waals surface area contributed by atoms with Gasteiger partial charge >= 0.3 is 0 Å². The molecule has 0 bridgehead atoms. The minimum atomic E-state index is -0.117. The predicted octanol–water partition coefficient (Wildman–Crippen LogP) is 0.318. The van der Waals surface area contributed by atoms with Crippen LogP contribution < -0.4 is 15.2 Å². The first-order valence-corrected chi connectivity index (χ1v) is 5.85. The van der Waals surface area contributed by atoms with Crippen LogP contribution in [0.25, 0.3) is 0 Å². The second-order valence-electron chi connectivity index (χ2n) is 4.04. The third kappa shape index (κ3) is 2.65. The van der Waals surface area contributed by atoms with E-state index in [9.17, 15) is 0 Å². The molecule has 0 aliphatic heterocycles. The second kappa shape index (κ2) is 5.66. The van der Waals surface area contributed by atoms with Gasteiger partial charge in [0.05, 0.1) is 27.2 Å². The van der Waals surface area contributed by atoms with Crippen LogP contribution in [0.3, 0.4) is 0 Å². The number of benzene rings is 1. The van der Waals surface area contributed by atoms with Crippen LogP contribution in [0.1, 0.15) is 17.3 Å². The summed E-state index contributed by atoms with van der Waals surface area (Å²) in [5, 5.41) is 12.0. The van der Waals surface area contributed by atoms with Gasteiger partial charge in [0.15, 0.2) is 17.3 Å². The molecule has 0 radical (unpaired) electrons. The van der Waals surface area contributed by atoms with Gasteiger partial charge in [0, 0.05) is 6.54 Å². The summed E-state index contributed by atoms with van der Waals surface area (Å²) in [7, 11) is 4.92. The molecule has 19 heavy (non-hydrogen) atoms. The number of rotatable bonds is 5. The lowest BCUT2D eigenvalue weighted by Gasteiger charge is -2.14. The van der Waals surface area contributed by atoms with E-state index in [-0.39, 0.29) is 5.92 Å². The van der Waals surface area contributed by atoms with Gasteiger partial charge in [-0.3, -0.25) is 0 Å². The predicted molar refractivity (Wildman–Crippen MR) is 69.2 cm³/mol. The number of methoxy groups -OCH3 is 2. The first kappa shape index (κ1) is 13.3. The highest BCUT2D eigenvalue weighted by molar-refractivity contribution is 5.45. The zero-order valence-corrected chi connectivity index (χ0v) is 11.2. The summed E-state index contributed by atoms with van der Waals surface area (Å²) in [4.78, 5) is 1.42. The van der Waals surface area contributed by atoms with Gasteiger partial charge in [-0.2, -0.15) is 4.80 Å². The van der Waals surface area contributed by atoms with Gasteiger partial charge in [0.25, 0.3) is 0 Å². The number of ether oxygens (including phenoxy) is 2. The third-order valence-corrected chi connectivity index (χ3v) is 2.88. The monoisotopic (exact) mass is 263 g/mol. The Morgan fingerprint density at radius 2 is 2.00 bits per heavy atom. The van der Waals surface area contributed by atoms with E-state index >= 15 is 0 Å². The Kier molecular flexibility index (Phi) is 3.96. The van der Waals surface area contributed by atoms with E-state index in [0.29, 0.717) is 23.9 Å². The Labute approximate surface area is 111 Å². The van der Waals surface area contributed by atoms with Gasteiger partial charge in [-0.1, -0.05) is 6.07 Å². The molecular weight excluding hydrogens is 246 g/mol. The number of tetrazole rings is 1. The number of nitrogens with two attached hydrogens (primary N) is 1. The fourth-order valence-corrected chi connectivity index (χ4v) is 1.90. The Morgan fingerprint density at radius 1 is 1.26 bits per heavy atom. The van der Waals surface area contributed by atoms with Crippen molar-refractivity contribution in [1.82, 2.24) is 20.2 Å². The summed E-state index contributed by atoms with van der Waals surface area (Å²) in [5.41, 5.74) is 6.78. The van der Waals surface area contributed by atoms with Crippen LogP contribution in [0.5, 0.6) is 11.5 Å². The van der Waals surface area contributed by atoms with E-state index in [1.165, 1.54) is 4.80 Å². The molecule has 102 valence electrons. The molecule has 7 heteroatoms. The Morgan fingerprint density at radius 3 is 2.53 bits per heavy atom. The molecule has 0 saturated heterocycles. The van der Waals surface area contributed by atoms with Gasteiger partial charge in [-0.15, -0.1) is 10.2 Å². The van der Waals surface area contributed by atoms with Crippen LogP contribution in [0.15, 0.2) is 18.2 Å². The molecule has 2 aromatic rings. The maximum absolute atomic E-state index is 5.82. The highest BCUT2D eigenvalue weighted by Gasteiger charge is 2.19. The topological polar surface area (TPSA) is 88.1 Å². The Bertz CT molecular complexity index is 555.